The zero-order valence-electron chi connectivity index (χ0n) is 43.5. The van der Waals surface area contributed by atoms with Gasteiger partial charge < -0.3 is 18.9 Å². The summed E-state index contributed by atoms with van der Waals surface area (Å²) >= 11 is 0. The summed E-state index contributed by atoms with van der Waals surface area (Å²) in [4.78, 5) is 35.5. The number of phosphoric ester groups is 1. The van der Waals surface area contributed by atoms with Crippen LogP contribution >= 0.6 is 7.82 Å². The van der Waals surface area contributed by atoms with E-state index in [0.717, 1.165) is 38.5 Å². The van der Waals surface area contributed by atoms with E-state index < -0.39 is 26.5 Å². The minimum atomic E-state index is -4.37. The van der Waals surface area contributed by atoms with E-state index in [-0.39, 0.29) is 25.6 Å². The summed E-state index contributed by atoms with van der Waals surface area (Å²) in [7, 11) is 1.49. The van der Waals surface area contributed by atoms with E-state index in [0.29, 0.717) is 23.9 Å². The summed E-state index contributed by atoms with van der Waals surface area (Å²) in [5.41, 5.74) is 0. The van der Waals surface area contributed by atoms with Gasteiger partial charge in [-0.3, -0.25) is 18.6 Å². The van der Waals surface area contributed by atoms with E-state index in [9.17, 15) is 19.0 Å². The third kappa shape index (κ3) is 51.7. The molecule has 0 rings (SSSR count). The van der Waals surface area contributed by atoms with Crippen LogP contribution in [0.4, 0.5) is 0 Å². The fourth-order valence-electron chi connectivity index (χ4n) is 7.93. The number of allylic oxidation sites excluding steroid dienone is 4. The number of esters is 2. The lowest BCUT2D eigenvalue weighted by atomic mass is 10.0. The van der Waals surface area contributed by atoms with Gasteiger partial charge in [0.15, 0.2) is 6.10 Å². The van der Waals surface area contributed by atoms with Gasteiger partial charge in [-0.2, -0.15) is 0 Å². The smallest absolute Gasteiger partial charge is 0.462 e. The van der Waals surface area contributed by atoms with Crippen LogP contribution < -0.4 is 0 Å². The zero-order valence-corrected chi connectivity index (χ0v) is 44.4. The zero-order chi connectivity index (χ0) is 47.8. The highest BCUT2D eigenvalue weighted by molar-refractivity contribution is 7.47. The quantitative estimate of drug-likeness (QED) is 0.0211. The van der Waals surface area contributed by atoms with Crippen molar-refractivity contribution in [3.05, 3.63) is 24.3 Å². The number of carbonyl (C=O) groups is 2. The average molecular weight is 941 g/mol. The number of phosphoric acid groups is 1. The molecule has 0 aromatic heterocycles. The van der Waals surface area contributed by atoms with E-state index in [1.165, 1.54) is 193 Å². The highest BCUT2D eigenvalue weighted by atomic mass is 31.2. The Kier molecular flexibility index (Phi) is 46.4. The van der Waals surface area contributed by atoms with Crippen molar-refractivity contribution in [2.75, 3.05) is 47.5 Å². The molecule has 0 heterocycles. The van der Waals surface area contributed by atoms with Crippen LogP contribution in [0.5, 0.6) is 0 Å². The Morgan fingerprint density at radius 2 is 0.831 bits per heavy atom. The molecule has 2 atom stereocenters. The van der Waals surface area contributed by atoms with Gasteiger partial charge in [0.25, 0.3) is 0 Å². The van der Waals surface area contributed by atoms with Crippen LogP contribution in [0, 0.1) is 0 Å². The van der Waals surface area contributed by atoms with Gasteiger partial charge in [0.05, 0.1) is 27.7 Å². The van der Waals surface area contributed by atoms with Crippen molar-refractivity contribution in [3.8, 4) is 0 Å². The van der Waals surface area contributed by atoms with Crippen molar-refractivity contribution in [2.45, 2.75) is 270 Å². The molecule has 0 saturated heterocycles. The maximum atomic E-state index is 12.8. The van der Waals surface area contributed by atoms with Gasteiger partial charge in [0.2, 0.25) is 0 Å². The van der Waals surface area contributed by atoms with E-state index in [1.807, 2.05) is 21.1 Å². The number of rotatable bonds is 51. The van der Waals surface area contributed by atoms with Crippen molar-refractivity contribution < 1.29 is 42.1 Å². The summed E-state index contributed by atoms with van der Waals surface area (Å²) in [6.45, 7) is 4.45. The number of hydrogen-bond donors (Lipinski definition) is 1. The third-order valence-corrected chi connectivity index (χ3v) is 13.2. The maximum Gasteiger partial charge on any atom is 0.472 e. The summed E-state index contributed by atoms with van der Waals surface area (Å²) in [5.74, 6) is -0.784. The fraction of sp³-hybridized carbons (Fsp3) is 0.891. The molecule has 10 heteroatoms. The minimum Gasteiger partial charge on any atom is -0.462 e. The molecule has 0 aliphatic rings. The van der Waals surface area contributed by atoms with E-state index >= 15 is 0 Å². The Labute approximate surface area is 402 Å². The predicted molar refractivity (Wildman–Crippen MR) is 275 cm³/mol. The number of unbranched alkanes of at least 4 members (excludes halogenated alkanes) is 33. The van der Waals surface area contributed by atoms with Crippen LogP contribution in [0.25, 0.3) is 0 Å². The summed E-state index contributed by atoms with van der Waals surface area (Å²) in [6, 6.07) is 0. The molecule has 2 unspecified atom stereocenters. The second-order valence-electron chi connectivity index (χ2n) is 20.0. The molecular weight excluding hydrogens is 834 g/mol. The van der Waals surface area contributed by atoms with E-state index in [4.69, 9.17) is 18.5 Å². The standard InChI is InChI=1S/C55H106NO8P/c1-6-8-10-12-14-16-18-20-21-22-23-24-25-26-27-28-29-30-31-32-33-34-35-36-38-40-42-44-46-48-55(58)64-53(52-63-65(59,60)62-50-49-56(3,4)5)51-61-54(57)47-45-43-41-39-37-19-17-15-13-11-9-7-2/h18,20,22-23,53H,6-17,19,21,24-52H2,1-5H3/p+1/b20-18-,23-22-. The molecule has 0 bridgehead atoms. The molecule has 384 valence electrons. The number of ether oxygens (including phenoxy) is 2. The van der Waals surface area contributed by atoms with Crippen molar-refractivity contribution in [1.29, 1.82) is 0 Å². The summed E-state index contributed by atoms with van der Waals surface area (Å²) < 4.78 is 34.5. The van der Waals surface area contributed by atoms with Gasteiger partial charge >= 0.3 is 19.8 Å². The molecule has 9 nitrogen and oxygen atoms in total. The molecule has 0 aromatic carbocycles. The van der Waals surface area contributed by atoms with Gasteiger partial charge in [0.1, 0.15) is 19.8 Å². The number of hydrogen-bond acceptors (Lipinski definition) is 7. The minimum absolute atomic E-state index is 0.0349. The highest BCUT2D eigenvalue weighted by Crippen LogP contribution is 2.43. The van der Waals surface area contributed by atoms with Crippen molar-refractivity contribution >= 4 is 19.8 Å². The van der Waals surface area contributed by atoms with Crippen molar-refractivity contribution in [3.63, 3.8) is 0 Å². The van der Waals surface area contributed by atoms with Crippen molar-refractivity contribution in [2.24, 2.45) is 0 Å². The Morgan fingerprint density at radius 1 is 0.477 bits per heavy atom. The number of likely N-dealkylation sites (N-methyl/N-ethyl adjacent to an activating group) is 1. The number of carbonyl (C=O) groups excluding carboxylic acids is 2. The summed E-state index contributed by atoms with van der Waals surface area (Å²) in [5, 5.41) is 0. The largest absolute Gasteiger partial charge is 0.472 e. The van der Waals surface area contributed by atoms with Crippen LogP contribution in [-0.2, 0) is 32.7 Å². The predicted octanol–water partition coefficient (Wildman–Crippen LogP) is 16.6. The van der Waals surface area contributed by atoms with Gasteiger partial charge in [-0.25, -0.2) is 4.57 Å². The van der Waals surface area contributed by atoms with Crippen LogP contribution in [0.2, 0.25) is 0 Å². The molecule has 0 aliphatic heterocycles. The number of nitrogens with zero attached hydrogens (tertiary/aromatic N) is 1. The normalized spacial score (nSPS) is 13.5. The van der Waals surface area contributed by atoms with Gasteiger partial charge in [-0.05, 0) is 44.9 Å². The lowest BCUT2D eigenvalue weighted by Gasteiger charge is -2.24. The Hall–Kier alpha value is -1.51. The molecule has 0 spiro atoms. The second-order valence-corrected chi connectivity index (χ2v) is 21.4. The maximum absolute atomic E-state index is 12.8. The van der Waals surface area contributed by atoms with Gasteiger partial charge in [0, 0.05) is 12.8 Å². The molecule has 0 fully saturated rings. The van der Waals surface area contributed by atoms with Crippen LogP contribution in [0.3, 0.4) is 0 Å². The SMILES string of the molecule is CCCCCCC/C=C\C/C=C\CCCCCCCCCCCCCCCCCCCC(=O)OC(COC(=O)CCCCCCCCCCCCCC)COP(=O)(O)OCC[N+](C)(C)C. The first-order chi connectivity index (χ1) is 31.5. The van der Waals surface area contributed by atoms with Crippen LogP contribution in [0.15, 0.2) is 24.3 Å². The lowest BCUT2D eigenvalue weighted by molar-refractivity contribution is -0.870. The highest BCUT2D eigenvalue weighted by Gasteiger charge is 2.27. The fourth-order valence-corrected chi connectivity index (χ4v) is 8.67. The first-order valence-corrected chi connectivity index (χ1v) is 29.1. The monoisotopic (exact) mass is 941 g/mol. The Balaban J connectivity index is 4.05. The van der Waals surface area contributed by atoms with Crippen LogP contribution in [0.1, 0.15) is 264 Å². The van der Waals surface area contributed by atoms with Crippen molar-refractivity contribution in [1.82, 2.24) is 0 Å². The van der Waals surface area contributed by atoms with Gasteiger partial charge in [-0.15, -0.1) is 0 Å². The molecule has 0 saturated carbocycles. The third-order valence-electron chi connectivity index (χ3n) is 12.2. The van der Waals surface area contributed by atoms with Crippen LogP contribution in [-0.4, -0.2) is 74.9 Å². The molecule has 0 aromatic rings. The van der Waals surface area contributed by atoms with Gasteiger partial charge in [-0.1, -0.05) is 231 Å². The Morgan fingerprint density at radius 3 is 1.22 bits per heavy atom. The molecule has 65 heavy (non-hydrogen) atoms. The molecule has 0 amide bonds. The summed E-state index contributed by atoms with van der Waals surface area (Å²) in [6.07, 6.45) is 55.3. The molecular formula is C55H107NO8P+. The Bertz CT molecular complexity index is 1150. The number of quaternary nitrogens is 1. The molecule has 1 N–H and O–H groups in total. The first kappa shape index (κ1) is 63.5. The first-order valence-electron chi connectivity index (χ1n) is 27.6. The average Bonchev–Trinajstić information content (AvgIpc) is 3.26. The topological polar surface area (TPSA) is 108 Å². The second kappa shape index (κ2) is 47.6. The molecule has 0 radical (unpaired) electrons. The van der Waals surface area contributed by atoms with E-state index in [1.54, 1.807) is 0 Å². The lowest BCUT2D eigenvalue weighted by Crippen LogP contribution is -2.37. The molecule has 0 aliphatic carbocycles. The van der Waals surface area contributed by atoms with E-state index in [2.05, 4.69) is 38.2 Å².